The SMILES string of the molecule is CCCCCC1C(=O)CCC1CC(=O)N(CC)CC.CCCCCC1C(O)CCC1CCO. The first kappa shape index (κ1) is 30.1. The normalized spacial score (nSPS) is 26.8. The molecule has 2 fully saturated rings. The molecule has 2 N–H and O–H groups in total. The number of Topliss-reactive ketones (excluding diaryl/α,β-unsaturated/α-hetero) is 1. The van der Waals surface area contributed by atoms with Crippen LogP contribution in [0.15, 0.2) is 0 Å². The fraction of sp³-hybridized carbons (Fsp3) is 0.929. The number of aliphatic hydroxyl groups excluding tert-OH is 2. The summed E-state index contributed by atoms with van der Waals surface area (Å²) in [5.74, 6) is 2.13. The monoisotopic (exact) mass is 467 g/mol. The molecule has 0 bridgehead atoms. The highest BCUT2D eigenvalue weighted by Crippen LogP contribution is 2.37. The molecule has 2 saturated carbocycles. The summed E-state index contributed by atoms with van der Waals surface area (Å²) in [6.07, 6.45) is 14.4. The molecule has 0 aliphatic heterocycles. The minimum atomic E-state index is -0.0941. The number of carbonyl (C=O) groups excluding carboxylic acids is 2. The number of rotatable bonds is 14. The fourth-order valence-electron chi connectivity index (χ4n) is 5.87. The minimum Gasteiger partial charge on any atom is -0.396 e. The van der Waals surface area contributed by atoms with Gasteiger partial charge in [0, 0.05) is 38.5 Å². The highest BCUT2D eigenvalue weighted by molar-refractivity contribution is 5.85. The van der Waals surface area contributed by atoms with Gasteiger partial charge in [0.2, 0.25) is 5.91 Å². The van der Waals surface area contributed by atoms with Gasteiger partial charge in [-0.1, -0.05) is 52.4 Å². The molecule has 2 rings (SSSR count). The molecular formula is C28H53NO4. The third kappa shape index (κ3) is 10.5. The van der Waals surface area contributed by atoms with Crippen molar-refractivity contribution in [2.75, 3.05) is 19.7 Å². The maximum Gasteiger partial charge on any atom is 0.222 e. The number of hydrogen-bond acceptors (Lipinski definition) is 4. The Morgan fingerprint density at radius 1 is 0.879 bits per heavy atom. The summed E-state index contributed by atoms with van der Waals surface area (Å²) < 4.78 is 0. The van der Waals surface area contributed by atoms with Crippen molar-refractivity contribution in [2.45, 2.75) is 124 Å². The largest absolute Gasteiger partial charge is 0.396 e. The van der Waals surface area contributed by atoms with Gasteiger partial charge < -0.3 is 15.1 Å². The zero-order valence-corrected chi connectivity index (χ0v) is 22.1. The first-order valence-electron chi connectivity index (χ1n) is 14.0. The molecule has 2 aliphatic rings. The molecule has 0 saturated heterocycles. The Hall–Kier alpha value is -0.940. The van der Waals surface area contributed by atoms with Crippen LogP contribution in [0.25, 0.3) is 0 Å². The van der Waals surface area contributed by atoms with Crippen molar-refractivity contribution in [1.29, 1.82) is 0 Å². The van der Waals surface area contributed by atoms with Crippen LogP contribution in [-0.4, -0.2) is 52.6 Å². The van der Waals surface area contributed by atoms with Gasteiger partial charge in [-0.25, -0.2) is 0 Å². The molecule has 0 radical (unpaired) electrons. The second-order valence-electron chi connectivity index (χ2n) is 10.2. The van der Waals surface area contributed by atoms with Gasteiger partial charge in [-0.2, -0.15) is 0 Å². The highest BCUT2D eigenvalue weighted by Gasteiger charge is 2.36. The summed E-state index contributed by atoms with van der Waals surface area (Å²) in [5, 5.41) is 18.7. The van der Waals surface area contributed by atoms with E-state index in [4.69, 9.17) is 5.11 Å². The van der Waals surface area contributed by atoms with Gasteiger partial charge in [0.25, 0.3) is 0 Å². The number of aliphatic hydroxyl groups is 2. The quantitative estimate of drug-likeness (QED) is 0.319. The van der Waals surface area contributed by atoms with E-state index < -0.39 is 0 Å². The van der Waals surface area contributed by atoms with Crippen LogP contribution in [0.2, 0.25) is 0 Å². The number of hydrogen-bond donors (Lipinski definition) is 2. The van der Waals surface area contributed by atoms with Gasteiger partial charge in [-0.05, 0) is 70.1 Å². The van der Waals surface area contributed by atoms with E-state index in [2.05, 4.69) is 13.8 Å². The number of carbonyl (C=O) groups is 2. The van der Waals surface area contributed by atoms with Crippen molar-refractivity contribution in [3.63, 3.8) is 0 Å². The third-order valence-electron chi connectivity index (χ3n) is 7.99. The maximum absolute atomic E-state index is 12.2. The minimum absolute atomic E-state index is 0.0941. The van der Waals surface area contributed by atoms with E-state index in [1.165, 1.54) is 32.1 Å². The number of amides is 1. The van der Waals surface area contributed by atoms with Crippen LogP contribution in [0.3, 0.4) is 0 Å². The second-order valence-corrected chi connectivity index (χ2v) is 10.2. The van der Waals surface area contributed by atoms with Gasteiger partial charge in [0.1, 0.15) is 5.78 Å². The molecule has 5 heteroatoms. The van der Waals surface area contributed by atoms with Crippen molar-refractivity contribution in [1.82, 2.24) is 4.90 Å². The second kappa shape index (κ2) is 17.5. The van der Waals surface area contributed by atoms with Crippen molar-refractivity contribution in [2.24, 2.45) is 23.7 Å². The van der Waals surface area contributed by atoms with Crippen molar-refractivity contribution in [3.8, 4) is 0 Å². The van der Waals surface area contributed by atoms with Crippen LogP contribution < -0.4 is 0 Å². The van der Waals surface area contributed by atoms with E-state index in [1.54, 1.807) is 0 Å². The summed E-state index contributed by atoms with van der Waals surface area (Å²) in [5.41, 5.74) is 0. The van der Waals surface area contributed by atoms with Crippen LogP contribution >= 0.6 is 0 Å². The fourth-order valence-corrected chi connectivity index (χ4v) is 5.87. The molecule has 0 aromatic carbocycles. The predicted molar refractivity (Wildman–Crippen MR) is 136 cm³/mol. The molecule has 0 heterocycles. The first-order valence-corrected chi connectivity index (χ1v) is 14.0. The van der Waals surface area contributed by atoms with Crippen LogP contribution in [0, 0.1) is 23.7 Å². The smallest absolute Gasteiger partial charge is 0.222 e. The number of nitrogens with zero attached hydrogens (tertiary/aromatic N) is 1. The van der Waals surface area contributed by atoms with Gasteiger partial charge in [0.05, 0.1) is 6.10 Å². The average Bonchev–Trinajstić information content (AvgIpc) is 3.32. The van der Waals surface area contributed by atoms with Gasteiger partial charge >= 0.3 is 0 Å². The summed E-state index contributed by atoms with van der Waals surface area (Å²) in [4.78, 5) is 26.0. The lowest BCUT2D eigenvalue weighted by atomic mass is 9.87. The zero-order chi connectivity index (χ0) is 24.6. The first-order chi connectivity index (χ1) is 15.9. The Bertz CT molecular complexity index is 532. The molecule has 33 heavy (non-hydrogen) atoms. The number of ketones is 1. The average molecular weight is 468 g/mol. The molecule has 1 amide bonds. The third-order valence-corrected chi connectivity index (χ3v) is 7.99. The van der Waals surface area contributed by atoms with E-state index in [0.29, 0.717) is 36.4 Å². The lowest BCUT2D eigenvalue weighted by molar-refractivity contribution is -0.132. The molecule has 0 aromatic rings. The highest BCUT2D eigenvalue weighted by atomic mass is 16.3. The van der Waals surface area contributed by atoms with Crippen LogP contribution in [0.4, 0.5) is 0 Å². The zero-order valence-electron chi connectivity index (χ0n) is 22.1. The standard InChI is InChI=1S/C16H29NO2.C12H24O2/c1-4-7-8-9-14-13(10-11-15(14)18)12-16(19)17(5-2)6-3;1-2-3-4-5-11-10(8-9-13)6-7-12(11)14/h13-14H,4-12H2,1-3H3;10-14H,2-9H2,1H3. The van der Waals surface area contributed by atoms with E-state index in [1.807, 2.05) is 18.7 Å². The van der Waals surface area contributed by atoms with E-state index in [0.717, 1.165) is 58.0 Å². The summed E-state index contributed by atoms with van der Waals surface area (Å²) in [6, 6.07) is 0. The summed E-state index contributed by atoms with van der Waals surface area (Å²) in [7, 11) is 0. The van der Waals surface area contributed by atoms with Crippen molar-refractivity contribution < 1.29 is 19.8 Å². The molecule has 0 spiro atoms. The van der Waals surface area contributed by atoms with Crippen molar-refractivity contribution >= 4 is 11.7 Å². The molecule has 5 nitrogen and oxygen atoms in total. The number of unbranched alkanes of at least 4 members (excludes halogenated alkanes) is 4. The summed E-state index contributed by atoms with van der Waals surface area (Å²) in [6.45, 7) is 10.2. The van der Waals surface area contributed by atoms with E-state index >= 15 is 0 Å². The van der Waals surface area contributed by atoms with E-state index in [-0.39, 0.29) is 24.5 Å². The Balaban J connectivity index is 0.000000346. The topological polar surface area (TPSA) is 77.8 Å². The Kier molecular flexibility index (Phi) is 15.9. The van der Waals surface area contributed by atoms with Crippen LogP contribution in [-0.2, 0) is 9.59 Å². The molecule has 2 aliphatic carbocycles. The van der Waals surface area contributed by atoms with Crippen LogP contribution in [0.1, 0.15) is 118 Å². The van der Waals surface area contributed by atoms with Gasteiger partial charge in [-0.3, -0.25) is 9.59 Å². The summed E-state index contributed by atoms with van der Waals surface area (Å²) >= 11 is 0. The van der Waals surface area contributed by atoms with Crippen LogP contribution in [0.5, 0.6) is 0 Å². The lowest BCUT2D eigenvalue weighted by Gasteiger charge is -2.23. The lowest BCUT2D eigenvalue weighted by Crippen LogP contribution is -2.32. The Morgan fingerprint density at radius 2 is 1.52 bits per heavy atom. The molecule has 5 atom stereocenters. The molecule has 194 valence electrons. The maximum atomic E-state index is 12.2. The Morgan fingerprint density at radius 3 is 2.09 bits per heavy atom. The predicted octanol–water partition coefficient (Wildman–Crippen LogP) is 5.76. The van der Waals surface area contributed by atoms with Crippen molar-refractivity contribution in [3.05, 3.63) is 0 Å². The van der Waals surface area contributed by atoms with E-state index in [9.17, 15) is 14.7 Å². The molecule has 5 unspecified atom stereocenters. The molecular weight excluding hydrogens is 414 g/mol. The molecule has 0 aromatic heterocycles. The van der Waals surface area contributed by atoms with Gasteiger partial charge in [0.15, 0.2) is 0 Å². The Labute approximate surface area is 203 Å². The van der Waals surface area contributed by atoms with Gasteiger partial charge in [-0.15, -0.1) is 0 Å².